The van der Waals surface area contributed by atoms with Gasteiger partial charge < -0.3 is 0 Å². The summed E-state index contributed by atoms with van der Waals surface area (Å²) in [6.45, 7) is 3.88. The predicted octanol–water partition coefficient (Wildman–Crippen LogP) is 4.15. The highest BCUT2D eigenvalue weighted by Crippen LogP contribution is 2.23. The van der Waals surface area contributed by atoms with E-state index < -0.39 is 0 Å². The van der Waals surface area contributed by atoms with Gasteiger partial charge in [-0.2, -0.15) is 5.10 Å². The van der Waals surface area contributed by atoms with Crippen LogP contribution in [-0.4, -0.2) is 25.0 Å². The zero-order valence-corrected chi connectivity index (χ0v) is 14.0. The Kier molecular flexibility index (Phi) is 3.50. The molecule has 0 radical (unpaired) electrons. The fourth-order valence-corrected chi connectivity index (χ4v) is 2.76. The maximum atomic E-state index is 6.02. The number of hydrogen-bond acceptors (Lipinski definition) is 4. The van der Waals surface area contributed by atoms with Crippen LogP contribution in [0, 0.1) is 13.8 Å². The first-order valence-corrected chi connectivity index (χ1v) is 7.92. The average molecular weight is 336 g/mol. The molecule has 0 aliphatic rings. The van der Waals surface area contributed by atoms with Gasteiger partial charge >= 0.3 is 0 Å². The third-order valence-electron chi connectivity index (χ3n) is 4.13. The molecule has 5 nitrogen and oxygen atoms in total. The third-order valence-corrected chi connectivity index (χ3v) is 4.49. The summed E-state index contributed by atoms with van der Waals surface area (Å²) in [4.78, 5) is 4.70. The summed E-state index contributed by atoms with van der Waals surface area (Å²) in [5, 5.41) is 14.1. The van der Waals surface area contributed by atoms with E-state index in [4.69, 9.17) is 16.6 Å². The summed E-state index contributed by atoms with van der Waals surface area (Å²) in [7, 11) is 0. The van der Waals surface area contributed by atoms with Crippen molar-refractivity contribution in [1.82, 2.24) is 25.0 Å². The minimum absolute atomic E-state index is 0.417. The number of fused-ring (bicyclic) bond motifs is 1. The fraction of sp³-hybridized carbons (Fsp3) is 0.111. The van der Waals surface area contributed by atoms with Gasteiger partial charge in [0.1, 0.15) is 0 Å². The van der Waals surface area contributed by atoms with E-state index in [0.29, 0.717) is 11.0 Å². The number of benzene rings is 1. The highest BCUT2D eigenvalue weighted by atomic mass is 35.5. The van der Waals surface area contributed by atoms with Crippen LogP contribution in [0.1, 0.15) is 11.1 Å². The molecule has 4 aromatic rings. The van der Waals surface area contributed by atoms with E-state index in [-0.39, 0.29) is 0 Å². The summed E-state index contributed by atoms with van der Waals surface area (Å²) >= 11 is 6.02. The van der Waals surface area contributed by atoms with Gasteiger partial charge in [-0.3, -0.25) is 0 Å². The van der Waals surface area contributed by atoms with Crippen LogP contribution < -0.4 is 0 Å². The monoisotopic (exact) mass is 335 g/mol. The second-order valence-corrected chi connectivity index (χ2v) is 5.99. The SMILES string of the molecule is Cc1c(Cl)nnc(-n2cc(-c3ccc4ccccc4n3)cn2)c1C. The molecule has 0 amide bonds. The van der Waals surface area contributed by atoms with Gasteiger partial charge in [0.15, 0.2) is 11.0 Å². The zero-order chi connectivity index (χ0) is 16.7. The highest BCUT2D eigenvalue weighted by molar-refractivity contribution is 6.30. The van der Waals surface area contributed by atoms with Crippen LogP contribution in [0.2, 0.25) is 5.15 Å². The molecule has 0 N–H and O–H groups in total. The number of nitrogens with zero attached hydrogens (tertiary/aromatic N) is 5. The Labute approximate surface area is 143 Å². The number of aromatic nitrogens is 5. The molecule has 0 bridgehead atoms. The van der Waals surface area contributed by atoms with Gasteiger partial charge in [-0.25, -0.2) is 9.67 Å². The molecule has 6 heteroatoms. The first-order valence-electron chi connectivity index (χ1n) is 7.54. The fourth-order valence-electron chi connectivity index (χ4n) is 2.58. The molecule has 3 heterocycles. The number of rotatable bonds is 2. The Balaban J connectivity index is 1.78. The van der Waals surface area contributed by atoms with Crippen molar-refractivity contribution < 1.29 is 0 Å². The van der Waals surface area contributed by atoms with Crippen molar-refractivity contribution in [3.63, 3.8) is 0 Å². The Bertz CT molecular complexity index is 1050. The van der Waals surface area contributed by atoms with Gasteiger partial charge in [-0.15, -0.1) is 10.2 Å². The van der Waals surface area contributed by atoms with E-state index in [9.17, 15) is 0 Å². The molecular formula is C18H14ClN5. The van der Waals surface area contributed by atoms with Gasteiger partial charge in [0.05, 0.1) is 17.4 Å². The van der Waals surface area contributed by atoms with E-state index in [1.807, 2.05) is 50.4 Å². The van der Waals surface area contributed by atoms with Gasteiger partial charge in [-0.05, 0) is 31.5 Å². The molecule has 0 saturated carbocycles. The van der Waals surface area contributed by atoms with E-state index in [0.717, 1.165) is 33.3 Å². The lowest BCUT2D eigenvalue weighted by atomic mass is 10.1. The standard InChI is InChI=1S/C18H14ClN5/c1-11-12(2)18(23-22-17(11)19)24-10-14(9-20-24)16-8-7-13-5-3-4-6-15(13)21-16/h3-10H,1-2H3. The van der Waals surface area contributed by atoms with Crippen molar-refractivity contribution in [2.24, 2.45) is 0 Å². The number of hydrogen-bond donors (Lipinski definition) is 0. The smallest absolute Gasteiger partial charge is 0.178 e. The zero-order valence-electron chi connectivity index (χ0n) is 13.2. The summed E-state index contributed by atoms with van der Waals surface area (Å²) in [6.07, 6.45) is 3.68. The Hall–Kier alpha value is -2.79. The minimum atomic E-state index is 0.417. The molecule has 0 fully saturated rings. The van der Waals surface area contributed by atoms with Gasteiger partial charge in [0.25, 0.3) is 0 Å². The molecule has 24 heavy (non-hydrogen) atoms. The normalized spacial score (nSPS) is 11.1. The Morgan fingerprint density at radius 2 is 1.79 bits per heavy atom. The molecule has 1 aromatic carbocycles. The molecule has 0 spiro atoms. The van der Waals surface area contributed by atoms with Crippen LogP contribution >= 0.6 is 11.6 Å². The molecule has 0 unspecified atom stereocenters. The molecule has 4 rings (SSSR count). The van der Waals surface area contributed by atoms with Gasteiger partial charge in [-0.1, -0.05) is 35.9 Å². The van der Waals surface area contributed by atoms with Crippen molar-refractivity contribution in [3.8, 4) is 17.1 Å². The van der Waals surface area contributed by atoms with E-state index in [1.54, 1.807) is 10.9 Å². The second kappa shape index (κ2) is 5.69. The van der Waals surface area contributed by atoms with Crippen LogP contribution in [0.25, 0.3) is 28.0 Å². The first-order chi connectivity index (χ1) is 11.6. The Morgan fingerprint density at radius 1 is 0.958 bits per heavy atom. The largest absolute Gasteiger partial charge is 0.248 e. The van der Waals surface area contributed by atoms with Gasteiger partial charge in [0.2, 0.25) is 0 Å². The van der Waals surface area contributed by atoms with E-state index in [1.165, 1.54) is 0 Å². The molecule has 118 valence electrons. The van der Waals surface area contributed by atoms with E-state index >= 15 is 0 Å². The third kappa shape index (κ3) is 2.43. The van der Waals surface area contributed by atoms with Crippen LogP contribution in [0.4, 0.5) is 0 Å². The van der Waals surface area contributed by atoms with Crippen LogP contribution in [-0.2, 0) is 0 Å². The first kappa shape index (κ1) is 14.8. The predicted molar refractivity (Wildman–Crippen MR) is 94.4 cm³/mol. The minimum Gasteiger partial charge on any atom is -0.248 e. The quantitative estimate of drug-likeness (QED) is 0.552. The summed E-state index contributed by atoms with van der Waals surface area (Å²) in [6, 6.07) is 12.1. The number of halogens is 1. The molecule has 0 aliphatic carbocycles. The Morgan fingerprint density at radius 3 is 2.67 bits per heavy atom. The lowest BCUT2D eigenvalue weighted by Gasteiger charge is -2.07. The van der Waals surface area contributed by atoms with Crippen molar-refractivity contribution >= 4 is 22.5 Å². The summed E-state index contributed by atoms with van der Waals surface area (Å²) in [5.74, 6) is 0.670. The van der Waals surface area contributed by atoms with Crippen molar-refractivity contribution in [2.45, 2.75) is 13.8 Å². The van der Waals surface area contributed by atoms with Crippen LogP contribution in [0.15, 0.2) is 48.8 Å². The lowest BCUT2D eigenvalue weighted by molar-refractivity contribution is 0.800. The van der Waals surface area contributed by atoms with Crippen LogP contribution in [0.3, 0.4) is 0 Å². The maximum Gasteiger partial charge on any atom is 0.178 e. The summed E-state index contributed by atoms with van der Waals surface area (Å²) < 4.78 is 1.71. The summed E-state index contributed by atoms with van der Waals surface area (Å²) in [5.41, 5.74) is 4.62. The lowest BCUT2D eigenvalue weighted by Crippen LogP contribution is -2.05. The second-order valence-electron chi connectivity index (χ2n) is 5.63. The number of pyridine rings is 1. The highest BCUT2D eigenvalue weighted by Gasteiger charge is 2.12. The maximum absolute atomic E-state index is 6.02. The van der Waals surface area contributed by atoms with E-state index in [2.05, 4.69) is 21.4 Å². The topological polar surface area (TPSA) is 56.5 Å². The average Bonchev–Trinajstić information content (AvgIpc) is 3.09. The van der Waals surface area contributed by atoms with Crippen LogP contribution in [0.5, 0.6) is 0 Å². The molecule has 0 aliphatic heterocycles. The van der Waals surface area contributed by atoms with Crippen molar-refractivity contribution in [3.05, 3.63) is 65.1 Å². The molecule has 0 atom stereocenters. The molecule has 0 saturated heterocycles. The molecular weight excluding hydrogens is 322 g/mol. The molecule has 3 aromatic heterocycles. The number of para-hydroxylation sites is 1. The van der Waals surface area contributed by atoms with Crippen molar-refractivity contribution in [1.29, 1.82) is 0 Å². The van der Waals surface area contributed by atoms with Gasteiger partial charge in [0, 0.05) is 22.7 Å². The van der Waals surface area contributed by atoms with Crippen molar-refractivity contribution in [2.75, 3.05) is 0 Å².